The van der Waals surface area contributed by atoms with Gasteiger partial charge in [-0.25, -0.2) is 4.79 Å². The Morgan fingerprint density at radius 3 is 2.67 bits per heavy atom. The van der Waals surface area contributed by atoms with Crippen molar-refractivity contribution in [3.05, 3.63) is 11.6 Å². The fraction of sp³-hybridized carbons (Fsp3) is 0.818. The van der Waals surface area contributed by atoms with Crippen molar-refractivity contribution in [2.75, 3.05) is 6.61 Å². The summed E-state index contributed by atoms with van der Waals surface area (Å²) < 4.78 is 17.2. The van der Waals surface area contributed by atoms with Gasteiger partial charge in [-0.05, 0) is 61.9 Å². The van der Waals surface area contributed by atoms with Crippen molar-refractivity contribution in [2.45, 2.75) is 84.5 Å². The lowest BCUT2D eigenvalue weighted by molar-refractivity contribution is -0.197. The Hall–Kier alpha value is -1.36. The third-order valence-corrected chi connectivity index (χ3v) is 8.63. The summed E-state index contributed by atoms with van der Waals surface area (Å²) >= 11 is 0. The number of carbonyl (C=O) groups is 2. The smallest absolute Gasteiger partial charge is 0.331 e. The van der Waals surface area contributed by atoms with Crippen molar-refractivity contribution >= 4 is 11.9 Å². The van der Waals surface area contributed by atoms with E-state index in [0.29, 0.717) is 18.4 Å². The molecule has 2 saturated carbocycles. The van der Waals surface area contributed by atoms with E-state index in [4.69, 9.17) is 14.2 Å². The lowest BCUT2D eigenvalue weighted by atomic mass is 9.43. The Morgan fingerprint density at radius 1 is 1.30 bits per heavy atom. The zero-order valence-electron chi connectivity index (χ0n) is 17.2. The molecule has 0 amide bonds. The third-order valence-electron chi connectivity index (χ3n) is 8.63. The van der Waals surface area contributed by atoms with Gasteiger partial charge in [0.15, 0.2) is 0 Å². The number of hydrogen-bond acceptors (Lipinski definition) is 5. The zero-order chi connectivity index (χ0) is 19.6. The van der Waals surface area contributed by atoms with Crippen LogP contribution >= 0.6 is 0 Å². The second-order valence-electron chi connectivity index (χ2n) is 9.78. The predicted molar refractivity (Wildman–Crippen MR) is 99.8 cm³/mol. The molecule has 0 bridgehead atoms. The van der Waals surface area contributed by atoms with Crippen LogP contribution in [0.5, 0.6) is 0 Å². The molecule has 3 fully saturated rings. The summed E-state index contributed by atoms with van der Waals surface area (Å²) in [6, 6.07) is 0. The van der Waals surface area contributed by atoms with Gasteiger partial charge < -0.3 is 14.2 Å². The van der Waals surface area contributed by atoms with Crippen LogP contribution in [-0.4, -0.2) is 36.4 Å². The van der Waals surface area contributed by atoms with Gasteiger partial charge in [-0.3, -0.25) is 4.79 Å². The first-order valence-corrected chi connectivity index (χ1v) is 10.3. The van der Waals surface area contributed by atoms with Crippen LogP contribution in [0.4, 0.5) is 0 Å². The van der Waals surface area contributed by atoms with Crippen LogP contribution in [0.3, 0.4) is 0 Å². The van der Waals surface area contributed by atoms with E-state index in [1.807, 2.05) is 0 Å². The molecule has 0 unspecified atom stereocenters. The highest BCUT2D eigenvalue weighted by Gasteiger charge is 2.75. The largest absolute Gasteiger partial charge is 0.462 e. The Bertz CT molecular complexity index is 699. The summed E-state index contributed by atoms with van der Waals surface area (Å²) in [4.78, 5) is 23.2. The lowest BCUT2D eigenvalue weighted by Gasteiger charge is -2.61. The van der Waals surface area contributed by atoms with E-state index >= 15 is 0 Å². The number of cyclic esters (lactones) is 1. The summed E-state index contributed by atoms with van der Waals surface area (Å²) in [6.45, 7) is 11.1. The molecule has 150 valence electrons. The highest BCUT2D eigenvalue weighted by Crippen LogP contribution is 2.70. The first-order valence-electron chi connectivity index (χ1n) is 10.3. The van der Waals surface area contributed by atoms with E-state index < -0.39 is 0 Å². The van der Waals surface area contributed by atoms with Crippen LogP contribution in [0.15, 0.2) is 11.6 Å². The summed E-state index contributed by atoms with van der Waals surface area (Å²) in [5.41, 5.74) is 0.819. The topological polar surface area (TPSA) is 65.1 Å². The predicted octanol–water partition coefficient (Wildman–Crippen LogP) is 3.80. The number of ether oxygens (including phenoxy) is 3. The molecule has 1 saturated heterocycles. The molecule has 2 aliphatic carbocycles. The summed E-state index contributed by atoms with van der Waals surface area (Å²) in [5, 5.41) is 0. The van der Waals surface area contributed by atoms with E-state index in [1.54, 1.807) is 6.08 Å². The average molecular weight is 376 g/mol. The van der Waals surface area contributed by atoms with Gasteiger partial charge in [0.1, 0.15) is 18.3 Å². The molecule has 4 aliphatic rings. The monoisotopic (exact) mass is 376 g/mol. The Kier molecular flexibility index (Phi) is 4.26. The van der Waals surface area contributed by atoms with Crippen molar-refractivity contribution < 1.29 is 23.8 Å². The molecule has 0 spiro atoms. The minimum atomic E-state index is -0.217. The fourth-order valence-electron chi connectivity index (χ4n) is 6.55. The van der Waals surface area contributed by atoms with Gasteiger partial charge in [0.2, 0.25) is 0 Å². The van der Waals surface area contributed by atoms with E-state index in [9.17, 15) is 9.59 Å². The van der Waals surface area contributed by atoms with Crippen LogP contribution in [0, 0.1) is 22.7 Å². The molecule has 5 nitrogen and oxygen atoms in total. The molecule has 0 aromatic carbocycles. The van der Waals surface area contributed by atoms with Crippen LogP contribution in [0.1, 0.15) is 66.7 Å². The molecule has 0 radical (unpaired) electrons. The van der Waals surface area contributed by atoms with Gasteiger partial charge >= 0.3 is 11.9 Å². The van der Waals surface area contributed by atoms with E-state index in [2.05, 4.69) is 27.7 Å². The second-order valence-corrected chi connectivity index (χ2v) is 9.78. The SMILES string of the molecule is CC(=O)O[C@@H]1C[C@@H](C)[C@@](C)(CCC2=CC(=O)OC2)[C@H]2CC[C@@H]3O[C@]3(C)[C@@]21C. The van der Waals surface area contributed by atoms with Gasteiger partial charge in [-0.2, -0.15) is 0 Å². The molecule has 7 atom stereocenters. The zero-order valence-corrected chi connectivity index (χ0v) is 17.2. The van der Waals surface area contributed by atoms with Crippen molar-refractivity contribution in [1.29, 1.82) is 0 Å². The molecule has 27 heavy (non-hydrogen) atoms. The molecular weight excluding hydrogens is 344 g/mol. The molecular formula is C22H32O5. The molecule has 0 aromatic heterocycles. The minimum Gasteiger partial charge on any atom is -0.462 e. The number of esters is 2. The highest BCUT2D eigenvalue weighted by molar-refractivity contribution is 5.85. The standard InChI is InChI=1S/C22H32O5/c1-13-10-18(26-14(2)23)21(4)16(6-7-17-22(21,5)27-17)20(13,3)9-8-15-11-19(24)25-12-15/h11,13,16-18H,6-10,12H2,1-5H3/t13-,16-,17+,18-,20-,21+,22+/m1/s1. The van der Waals surface area contributed by atoms with Gasteiger partial charge in [-0.15, -0.1) is 0 Å². The van der Waals surface area contributed by atoms with Crippen molar-refractivity contribution in [3.8, 4) is 0 Å². The van der Waals surface area contributed by atoms with Gasteiger partial charge in [0.25, 0.3) is 0 Å². The summed E-state index contributed by atoms with van der Waals surface area (Å²) in [6.07, 6.45) is 6.79. The number of fused-ring (bicyclic) bond motifs is 3. The van der Waals surface area contributed by atoms with E-state index in [1.165, 1.54) is 6.92 Å². The van der Waals surface area contributed by atoms with Crippen molar-refractivity contribution in [2.24, 2.45) is 22.7 Å². The third kappa shape index (κ3) is 2.68. The normalized spacial score (nSPS) is 48.2. The van der Waals surface area contributed by atoms with Crippen LogP contribution < -0.4 is 0 Å². The maximum atomic E-state index is 11.8. The number of epoxide rings is 1. The number of hydrogen-bond donors (Lipinski definition) is 0. The Balaban J connectivity index is 1.64. The van der Waals surface area contributed by atoms with Crippen LogP contribution in [0.25, 0.3) is 0 Å². The molecule has 2 heterocycles. The van der Waals surface area contributed by atoms with E-state index in [-0.39, 0.29) is 40.6 Å². The first-order chi connectivity index (χ1) is 12.6. The summed E-state index contributed by atoms with van der Waals surface area (Å²) in [5.74, 6) is 0.429. The molecule has 5 heteroatoms. The molecule has 4 rings (SSSR count). The Morgan fingerprint density at radius 2 is 2.04 bits per heavy atom. The van der Waals surface area contributed by atoms with Gasteiger partial charge in [0.05, 0.1) is 6.10 Å². The number of carbonyl (C=O) groups excluding carboxylic acids is 2. The minimum absolute atomic E-state index is 0.103. The number of rotatable bonds is 4. The fourth-order valence-corrected chi connectivity index (χ4v) is 6.55. The van der Waals surface area contributed by atoms with Crippen molar-refractivity contribution in [1.82, 2.24) is 0 Å². The summed E-state index contributed by atoms with van der Waals surface area (Å²) in [7, 11) is 0. The van der Waals surface area contributed by atoms with Crippen LogP contribution in [-0.2, 0) is 23.8 Å². The molecule has 0 N–H and O–H groups in total. The highest BCUT2D eigenvalue weighted by atomic mass is 16.6. The Labute approximate surface area is 161 Å². The lowest BCUT2D eigenvalue weighted by Crippen LogP contribution is -2.63. The average Bonchev–Trinajstić information content (AvgIpc) is 3.11. The van der Waals surface area contributed by atoms with Gasteiger partial charge in [0, 0.05) is 18.4 Å². The molecule has 0 aromatic rings. The maximum absolute atomic E-state index is 11.8. The van der Waals surface area contributed by atoms with Crippen LogP contribution in [0.2, 0.25) is 0 Å². The second kappa shape index (κ2) is 6.07. The maximum Gasteiger partial charge on any atom is 0.331 e. The first kappa shape index (κ1) is 19.0. The van der Waals surface area contributed by atoms with E-state index in [0.717, 1.165) is 37.7 Å². The van der Waals surface area contributed by atoms with Gasteiger partial charge in [-0.1, -0.05) is 20.8 Å². The quantitative estimate of drug-likeness (QED) is 0.551. The molecule has 2 aliphatic heterocycles. The van der Waals surface area contributed by atoms with Crippen molar-refractivity contribution in [3.63, 3.8) is 0 Å².